The van der Waals surface area contributed by atoms with E-state index in [9.17, 15) is 8.42 Å². The van der Waals surface area contributed by atoms with Crippen LogP contribution in [0.25, 0.3) is 0 Å². The third-order valence-electron chi connectivity index (χ3n) is 0.743. The minimum Gasteiger partial charge on any atom is -0.253 e. The molecule has 0 aromatic carbocycles. The van der Waals surface area contributed by atoms with Gasteiger partial charge in [0, 0.05) is 0 Å². The molecule has 0 aliphatic carbocycles. The van der Waals surface area contributed by atoms with Gasteiger partial charge in [0.05, 0.1) is 0 Å². The topological polar surface area (TPSA) is 76.0 Å². The summed E-state index contributed by atoms with van der Waals surface area (Å²) in [4.78, 5) is 0. The number of rotatable bonds is 3. The molecule has 0 bridgehead atoms. The number of hydrogen-bond donors (Lipinski definition) is 1. The van der Waals surface area contributed by atoms with Crippen LogP contribution >= 0.6 is 0 Å². The lowest BCUT2D eigenvalue weighted by Crippen LogP contribution is -2.01. The summed E-state index contributed by atoms with van der Waals surface area (Å²) in [5, 5.41) is 2.97. The van der Waals surface area contributed by atoms with Crippen LogP contribution in [-0.4, -0.2) is 18.7 Å². The van der Waals surface area contributed by atoms with E-state index in [1.807, 2.05) is 0 Å². The molecule has 62 valence electrons. The molecule has 0 aromatic heterocycles. The van der Waals surface area contributed by atoms with Gasteiger partial charge in [-0.05, 0) is 6.42 Å². The zero-order valence-corrected chi connectivity index (χ0v) is 6.63. The van der Waals surface area contributed by atoms with Gasteiger partial charge in [0.15, 0.2) is 0 Å². The van der Waals surface area contributed by atoms with Crippen molar-refractivity contribution in [1.82, 2.24) is 0 Å². The number of oxime groups is 1. The Morgan fingerprint density at radius 1 is 1.82 bits per heavy atom. The zero-order valence-electron chi connectivity index (χ0n) is 5.81. The first-order valence-corrected chi connectivity index (χ1v) is 4.05. The molecule has 0 saturated carbocycles. The van der Waals surface area contributed by atoms with Gasteiger partial charge in [0.2, 0.25) is 0 Å². The molecular weight excluding hydrogens is 170 g/mol. The summed E-state index contributed by atoms with van der Waals surface area (Å²) in [5.74, 6) is 2.07. The summed E-state index contributed by atoms with van der Waals surface area (Å²) < 4.78 is 31.5. The molecule has 0 unspecified atom stereocenters. The Hall–Kier alpha value is -1.06. The van der Waals surface area contributed by atoms with E-state index in [1.54, 1.807) is 6.92 Å². The Labute approximate surface area is 65.0 Å². The maximum Gasteiger partial charge on any atom is 0.466 e. The normalized spacial score (nSPS) is 12.3. The smallest absolute Gasteiger partial charge is 0.253 e. The highest BCUT2D eigenvalue weighted by Gasteiger charge is 2.02. The molecule has 0 aliphatic rings. The fraction of sp³-hybridized carbons (Fsp3) is 0.400. The van der Waals surface area contributed by atoms with Crippen molar-refractivity contribution < 1.29 is 17.3 Å². The van der Waals surface area contributed by atoms with Gasteiger partial charge in [-0.25, -0.2) is 4.28 Å². The molecule has 0 spiro atoms. The van der Waals surface area contributed by atoms with E-state index in [4.69, 9.17) is 11.0 Å². The Morgan fingerprint density at radius 2 is 2.36 bits per heavy atom. The lowest BCUT2D eigenvalue weighted by Gasteiger charge is -1.92. The van der Waals surface area contributed by atoms with Crippen molar-refractivity contribution in [2.75, 3.05) is 0 Å². The monoisotopic (exact) mass is 177 g/mol. The fourth-order valence-corrected chi connectivity index (χ4v) is 0.469. The second-order valence-electron chi connectivity index (χ2n) is 1.54. The molecule has 0 amide bonds. The second kappa shape index (κ2) is 3.95. The maximum absolute atomic E-state index is 9.93. The van der Waals surface area contributed by atoms with E-state index < -0.39 is 10.4 Å². The Bertz CT molecular complexity index is 284. The van der Waals surface area contributed by atoms with Crippen LogP contribution in [0.1, 0.15) is 13.3 Å². The summed E-state index contributed by atoms with van der Waals surface area (Å²) in [5.41, 5.74) is 0.114. The highest BCUT2D eigenvalue weighted by molar-refractivity contribution is 7.80. The summed E-state index contributed by atoms with van der Waals surface area (Å²) >= 11 is 0. The van der Waals surface area contributed by atoms with Gasteiger partial charge in [-0.15, -0.1) is 6.42 Å². The average molecular weight is 177 g/mol. The Kier molecular flexibility index (Phi) is 3.57. The Balaban J connectivity index is 4.26. The van der Waals surface area contributed by atoms with Gasteiger partial charge in [-0.2, -0.15) is 8.42 Å². The lowest BCUT2D eigenvalue weighted by atomic mass is 10.3. The predicted octanol–water partition coefficient (Wildman–Crippen LogP) is 0.205. The van der Waals surface area contributed by atoms with Crippen LogP contribution in [0.3, 0.4) is 0 Å². The zero-order chi connectivity index (χ0) is 8.91. The molecule has 0 radical (unpaired) electrons. The molecule has 5 nitrogen and oxygen atoms in total. The van der Waals surface area contributed by atoms with Gasteiger partial charge < -0.3 is 0 Å². The van der Waals surface area contributed by atoms with Gasteiger partial charge in [-0.1, -0.05) is 18.0 Å². The number of hydrogen-bond acceptors (Lipinski definition) is 4. The number of terminal acetylenes is 1. The van der Waals surface area contributed by atoms with Crippen LogP contribution in [0.15, 0.2) is 5.16 Å². The first-order valence-electron chi connectivity index (χ1n) is 2.69. The second-order valence-corrected chi connectivity index (χ2v) is 2.54. The minimum absolute atomic E-state index is 0.114. The largest absolute Gasteiger partial charge is 0.466 e. The third-order valence-corrected chi connectivity index (χ3v) is 1.01. The van der Waals surface area contributed by atoms with E-state index in [1.165, 1.54) is 0 Å². The van der Waals surface area contributed by atoms with Crippen molar-refractivity contribution in [3.05, 3.63) is 0 Å². The van der Waals surface area contributed by atoms with Crippen molar-refractivity contribution >= 4 is 16.1 Å². The van der Waals surface area contributed by atoms with Crippen molar-refractivity contribution in [1.29, 1.82) is 0 Å². The van der Waals surface area contributed by atoms with E-state index in [2.05, 4.69) is 15.4 Å². The van der Waals surface area contributed by atoms with Crippen molar-refractivity contribution in [3.63, 3.8) is 0 Å². The maximum atomic E-state index is 9.93. The van der Waals surface area contributed by atoms with E-state index >= 15 is 0 Å². The van der Waals surface area contributed by atoms with Crippen molar-refractivity contribution in [2.24, 2.45) is 5.16 Å². The SMILES string of the molecule is C#C/C(CC)=N/OS(=O)(=O)O. The van der Waals surface area contributed by atoms with Crippen LogP contribution in [-0.2, 0) is 14.7 Å². The van der Waals surface area contributed by atoms with E-state index in [0.717, 1.165) is 0 Å². The summed E-state index contributed by atoms with van der Waals surface area (Å²) in [7, 11) is -4.52. The molecule has 0 heterocycles. The molecule has 0 atom stereocenters. The van der Waals surface area contributed by atoms with Gasteiger partial charge in [0.1, 0.15) is 5.71 Å². The fourth-order valence-electron chi connectivity index (χ4n) is 0.285. The van der Waals surface area contributed by atoms with Crippen LogP contribution < -0.4 is 0 Å². The highest BCUT2D eigenvalue weighted by atomic mass is 32.3. The number of nitrogens with zero attached hydrogens (tertiary/aromatic N) is 1. The molecule has 0 rings (SSSR count). The Morgan fingerprint density at radius 3 is 2.64 bits per heavy atom. The summed E-state index contributed by atoms with van der Waals surface area (Å²) in [6.45, 7) is 1.67. The molecular formula is C5H7NO4S. The van der Waals surface area contributed by atoms with Crippen LogP contribution in [0.5, 0.6) is 0 Å². The van der Waals surface area contributed by atoms with Gasteiger partial charge in [-0.3, -0.25) is 4.55 Å². The van der Waals surface area contributed by atoms with Gasteiger partial charge >= 0.3 is 10.4 Å². The van der Waals surface area contributed by atoms with Crippen molar-refractivity contribution in [3.8, 4) is 12.3 Å². The molecule has 0 aromatic rings. The standard InChI is InChI=1S/C5H7NO4S/c1-3-5(4-2)6-10-11(7,8)9/h1H,4H2,2H3,(H,7,8,9)/b6-5-. The first-order chi connectivity index (χ1) is 4.99. The minimum atomic E-state index is -4.52. The average Bonchev–Trinajstić information content (AvgIpc) is 1.88. The van der Waals surface area contributed by atoms with Crippen LogP contribution in [0.2, 0.25) is 0 Å². The molecule has 0 fully saturated rings. The first kappa shape index (κ1) is 9.94. The molecule has 0 saturated heterocycles. The summed E-state index contributed by atoms with van der Waals surface area (Å²) in [6.07, 6.45) is 5.24. The predicted molar refractivity (Wildman–Crippen MR) is 39.2 cm³/mol. The highest BCUT2D eigenvalue weighted by Crippen LogP contribution is 1.90. The third kappa shape index (κ3) is 5.39. The molecule has 11 heavy (non-hydrogen) atoms. The molecule has 6 heteroatoms. The van der Waals surface area contributed by atoms with Crippen LogP contribution in [0.4, 0.5) is 0 Å². The van der Waals surface area contributed by atoms with Crippen LogP contribution in [0, 0.1) is 12.3 Å². The quantitative estimate of drug-likeness (QED) is 0.289. The molecule has 1 N–H and O–H groups in total. The molecule has 0 aliphatic heterocycles. The van der Waals surface area contributed by atoms with E-state index in [-0.39, 0.29) is 5.71 Å². The summed E-state index contributed by atoms with van der Waals surface area (Å²) in [6, 6.07) is 0. The van der Waals surface area contributed by atoms with Gasteiger partial charge in [0.25, 0.3) is 0 Å². The lowest BCUT2D eigenvalue weighted by molar-refractivity contribution is 0.282. The van der Waals surface area contributed by atoms with E-state index in [0.29, 0.717) is 6.42 Å². The van der Waals surface area contributed by atoms with Crippen molar-refractivity contribution in [2.45, 2.75) is 13.3 Å².